The average molecular weight is 273 g/mol. The predicted octanol–water partition coefficient (Wildman–Crippen LogP) is 2.10. The number of methoxy groups -OCH3 is 3. The van der Waals surface area contributed by atoms with E-state index in [0.29, 0.717) is 5.75 Å². The molecule has 5 nitrogen and oxygen atoms in total. The molecule has 0 fully saturated rings. The normalized spacial score (nSPS) is 9.78. The lowest BCUT2D eigenvalue weighted by Gasteiger charge is -2.11. The van der Waals surface area contributed by atoms with Gasteiger partial charge in [-0.05, 0) is 6.07 Å². The van der Waals surface area contributed by atoms with Crippen molar-refractivity contribution in [2.45, 2.75) is 6.42 Å². The number of carbonyl (C=O) groups is 2. The van der Waals surface area contributed by atoms with Crippen LogP contribution in [0.1, 0.15) is 16.8 Å². The van der Waals surface area contributed by atoms with Crippen molar-refractivity contribution < 1.29 is 23.8 Å². The Labute approximate surface area is 110 Å². The van der Waals surface area contributed by atoms with Crippen LogP contribution < -0.4 is 9.47 Å². The molecule has 0 radical (unpaired) electrons. The van der Waals surface area contributed by atoms with E-state index in [-0.39, 0.29) is 22.8 Å². The van der Waals surface area contributed by atoms with Gasteiger partial charge in [0.15, 0.2) is 5.78 Å². The molecule has 0 aliphatic carbocycles. The van der Waals surface area contributed by atoms with E-state index in [2.05, 4.69) is 4.74 Å². The van der Waals surface area contributed by atoms with Gasteiger partial charge in [-0.1, -0.05) is 11.6 Å². The maximum Gasteiger partial charge on any atom is 0.313 e. The predicted molar refractivity (Wildman–Crippen MR) is 65.5 cm³/mol. The number of esters is 1. The van der Waals surface area contributed by atoms with Gasteiger partial charge in [-0.15, -0.1) is 0 Å². The lowest BCUT2D eigenvalue weighted by Crippen LogP contribution is -2.11. The van der Waals surface area contributed by atoms with Crippen LogP contribution in [0.3, 0.4) is 0 Å². The van der Waals surface area contributed by atoms with Crippen LogP contribution in [0.2, 0.25) is 5.02 Å². The molecule has 0 unspecified atom stereocenters. The molecule has 1 aromatic rings. The Hall–Kier alpha value is -1.75. The fraction of sp³-hybridized carbons (Fsp3) is 0.333. The lowest BCUT2D eigenvalue weighted by molar-refractivity contribution is -0.139. The van der Waals surface area contributed by atoms with Gasteiger partial charge in [0.25, 0.3) is 0 Å². The van der Waals surface area contributed by atoms with Crippen LogP contribution in [0.15, 0.2) is 12.1 Å². The van der Waals surface area contributed by atoms with Crippen LogP contribution >= 0.6 is 11.6 Å². The summed E-state index contributed by atoms with van der Waals surface area (Å²) in [4.78, 5) is 23.0. The van der Waals surface area contributed by atoms with E-state index >= 15 is 0 Å². The van der Waals surface area contributed by atoms with Gasteiger partial charge in [0.1, 0.15) is 17.9 Å². The molecule has 0 N–H and O–H groups in total. The summed E-state index contributed by atoms with van der Waals surface area (Å²) in [6.07, 6.45) is -0.379. The Morgan fingerprint density at radius 2 is 1.83 bits per heavy atom. The number of halogens is 1. The summed E-state index contributed by atoms with van der Waals surface area (Å²) < 4.78 is 14.5. The van der Waals surface area contributed by atoms with Gasteiger partial charge in [0, 0.05) is 6.07 Å². The molecule has 1 aromatic carbocycles. The quantitative estimate of drug-likeness (QED) is 0.467. The van der Waals surface area contributed by atoms with E-state index in [9.17, 15) is 9.59 Å². The number of Topliss-reactive ketones (excluding diaryl/α,β-unsaturated/α-hetero) is 1. The molecule has 0 amide bonds. The van der Waals surface area contributed by atoms with E-state index in [4.69, 9.17) is 21.1 Å². The summed E-state index contributed by atoms with van der Waals surface area (Å²) in [6, 6.07) is 2.99. The summed E-state index contributed by atoms with van der Waals surface area (Å²) >= 11 is 5.95. The van der Waals surface area contributed by atoms with Crippen molar-refractivity contribution >= 4 is 23.4 Å². The highest BCUT2D eigenvalue weighted by atomic mass is 35.5. The molecular weight excluding hydrogens is 260 g/mol. The van der Waals surface area contributed by atoms with Gasteiger partial charge in [-0.3, -0.25) is 9.59 Å². The highest BCUT2D eigenvalue weighted by Crippen LogP contribution is 2.33. The smallest absolute Gasteiger partial charge is 0.313 e. The SMILES string of the molecule is COC(=O)CC(=O)c1cc(OC)cc(Cl)c1OC. The molecule has 0 aliphatic rings. The minimum atomic E-state index is -0.624. The molecule has 1 rings (SSSR count). The molecule has 6 heteroatoms. The van der Waals surface area contributed by atoms with Crippen LogP contribution in [0, 0.1) is 0 Å². The number of hydrogen-bond acceptors (Lipinski definition) is 5. The van der Waals surface area contributed by atoms with Crippen molar-refractivity contribution in [3.8, 4) is 11.5 Å². The monoisotopic (exact) mass is 272 g/mol. The first-order valence-corrected chi connectivity index (χ1v) is 5.42. The minimum absolute atomic E-state index is 0.187. The first-order valence-electron chi connectivity index (χ1n) is 5.05. The highest BCUT2D eigenvalue weighted by molar-refractivity contribution is 6.33. The molecule has 0 saturated carbocycles. The van der Waals surface area contributed by atoms with Crippen molar-refractivity contribution in [3.63, 3.8) is 0 Å². The molecule has 0 spiro atoms. The zero-order valence-electron chi connectivity index (χ0n) is 10.3. The van der Waals surface area contributed by atoms with Gasteiger partial charge in [-0.2, -0.15) is 0 Å². The summed E-state index contributed by atoms with van der Waals surface area (Å²) in [6.45, 7) is 0. The third-order valence-electron chi connectivity index (χ3n) is 2.29. The van der Waals surface area contributed by atoms with E-state index in [1.165, 1.54) is 33.5 Å². The summed E-state index contributed by atoms with van der Waals surface area (Å²) in [5.41, 5.74) is 0.187. The van der Waals surface area contributed by atoms with Gasteiger partial charge in [-0.25, -0.2) is 0 Å². The van der Waals surface area contributed by atoms with Crippen molar-refractivity contribution in [2.24, 2.45) is 0 Å². The van der Waals surface area contributed by atoms with Gasteiger partial charge >= 0.3 is 5.97 Å². The maximum atomic E-state index is 11.9. The molecule has 98 valence electrons. The molecule has 0 saturated heterocycles. The molecule has 18 heavy (non-hydrogen) atoms. The second kappa shape index (κ2) is 6.26. The molecule has 0 bridgehead atoms. The number of carbonyl (C=O) groups excluding carboxylic acids is 2. The number of benzene rings is 1. The molecule has 0 atom stereocenters. The largest absolute Gasteiger partial charge is 0.497 e. The standard InChI is InChI=1S/C12H13ClO5/c1-16-7-4-8(10(14)6-11(15)17-2)12(18-3)9(13)5-7/h4-5H,6H2,1-3H3. The number of ether oxygens (including phenoxy) is 3. The summed E-state index contributed by atoms with van der Waals surface area (Å²) in [5.74, 6) is -0.444. The molecular formula is C12H13ClO5. The number of rotatable bonds is 5. The zero-order valence-corrected chi connectivity index (χ0v) is 11.0. The number of ketones is 1. The lowest BCUT2D eigenvalue weighted by atomic mass is 10.1. The fourth-order valence-corrected chi connectivity index (χ4v) is 1.69. The topological polar surface area (TPSA) is 61.8 Å². The van der Waals surface area contributed by atoms with Gasteiger partial charge in [0.05, 0.1) is 31.9 Å². The Morgan fingerprint density at radius 1 is 1.17 bits per heavy atom. The van der Waals surface area contributed by atoms with Crippen molar-refractivity contribution in [3.05, 3.63) is 22.7 Å². The molecule has 0 aliphatic heterocycles. The van der Waals surface area contributed by atoms with Crippen LogP contribution in [0.4, 0.5) is 0 Å². The van der Waals surface area contributed by atoms with E-state index in [0.717, 1.165) is 0 Å². The summed E-state index contributed by atoms with van der Waals surface area (Å²) in [7, 11) is 4.06. The minimum Gasteiger partial charge on any atom is -0.497 e. The van der Waals surface area contributed by atoms with E-state index in [1.54, 1.807) is 0 Å². The third-order valence-corrected chi connectivity index (χ3v) is 2.57. The Bertz CT molecular complexity index is 470. The Balaban J connectivity index is 3.16. The van der Waals surface area contributed by atoms with Gasteiger partial charge < -0.3 is 14.2 Å². The first-order chi connectivity index (χ1) is 8.53. The maximum absolute atomic E-state index is 11.9. The van der Waals surface area contributed by atoms with Crippen molar-refractivity contribution in [2.75, 3.05) is 21.3 Å². The van der Waals surface area contributed by atoms with Crippen molar-refractivity contribution in [1.29, 1.82) is 0 Å². The zero-order chi connectivity index (χ0) is 13.7. The fourth-order valence-electron chi connectivity index (χ4n) is 1.40. The van der Waals surface area contributed by atoms with Crippen LogP contribution in [0.5, 0.6) is 11.5 Å². The van der Waals surface area contributed by atoms with Crippen LogP contribution in [-0.2, 0) is 9.53 Å². The first kappa shape index (κ1) is 14.3. The summed E-state index contributed by atoms with van der Waals surface area (Å²) in [5, 5.41) is 0.241. The van der Waals surface area contributed by atoms with E-state index in [1.807, 2.05) is 0 Å². The second-order valence-electron chi connectivity index (χ2n) is 3.37. The Kier molecular flexibility index (Phi) is 4.97. The molecule has 0 heterocycles. The van der Waals surface area contributed by atoms with Crippen LogP contribution in [0.25, 0.3) is 0 Å². The van der Waals surface area contributed by atoms with E-state index < -0.39 is 11.8 Å². The third kappa shape index (κ3) is 3.13. The van der Waals surface area contributed by atoms with Crippen LogP contribution in [-0.4, -0.2) is 33.1 Å². The number of hydrogen-bond donors (Lipinski definition) is 0. The second-order valence-corrected chi connectivity index (χ2v) is 3.77. The van der Waals surface area contributed by atoms with Gasteiger partial charge in [0.2, 0.25) is 0 Å². The molecule has 0 aromatic heterocycles. The average Bonchev–Trinajstić information content (AvgIpc) is 2.37. The van der Waals surface area contributed by atoms with Crippen molar-refractivity contribution in [1.82, 2.24) is 0 Å². The Morgan fingerprint density at radius 3 is 2.33 bits per heavy atom. The highest BCUT2D eigenvalue weighted by Gasteiger charge is 2.20.